The van der Waals surface area contributed by atoms with Gasteiger partial charge >= 0.3 is 6.18 Å². The van der Waals surface area contributed by atoms with Gasteiger partial charge in [0.05, 0.1) is 18.9 Å². The van der Waals surface area contributed by atoms with Gasteiger partial charge in [0.1, 0.15) is 11.5 Å². The van der Waals surface area contributed by atoms with Crippen LogP contribution in [-0.4, -0.2) is 12.1 Å². The van der Waals surface area contributed by atoms with Gasteiger partial charge in [-0.15, -0.1) is 0 Å². The van der Waals surface area contributed by atoms with Crippen LogP contribution in [0.15, 0.2) is 36.5 Å². The molecule has 2 rings (SSSR count). The van der Waals surface area contributed by atoms with Crippen LogP contribution in [0.1, 0.15) is 5.56 Å². The standard InChI is InChI=1S/C13H9ClF3NO2/c1-19-10-2-3-12(18-7-10)20-11-5-8(13(15,16)17)4-9(14)6-11/h2-7H,1H3. The van der Waals surface area contributed by atoms with Crippen LogP contribution in [0.25, 0.3) is 0 Å². The molecule has 0 fully saturated rings. The van der Waals surface area contributed by atoms with Crippen LogP contribution in [0.5, 0.6) is 17.4 Å². The Morgan fingerprint density at radius 2 is 1.85 bits per heavy atom. The Kier molecular flexibility index (Phi) is 4.04. The molecular formula is C13H9ClF3NO2. The highest BCUT2D eigenvalue weighted by Gasteiger charge is 2.31. The summed E-state index contributed by atoms with van der Waals surface area (Å²) in [5, 5.41) is -0.0664. The van der Waals surface area contributed by atoms with Gasteiger partial charge in [-0.2, -0.15) is 13.2 Å². The smallest absolute Gasteiger partial charge is 0.416 e. The van der Waals surface area contributed by atoms with Gasteiger partial charge in [-0.3, -0.25) is 0 Å². The van der Waals surface area contributed by atoms with Crippen molar-refractivity contribution in [3.8, 4) is 17.4 Å². The summed E-state index contributed by atoms with van der Waals surface area (Å²) in [4.78, 5) is 3.89. The molecule has 0 aliphatic rings. The van der Waals surface area contributed by atoms with Gasteiger partial charge in [-0.25, -0.2) is 4.98 Å². The van der Waals surface area contributed by atoms with Gasteiger partial charge in [-0.05, 0) is 24.3 Å². The molecule has 0 atom stereocenters. The number of ether oxygens (including phenoxy) is 2. The zero-order valence-electron chi connectivity index (χ0n) is 10.2. The molecule has 1 aromatic heterocycles. The van der Waals surface area contributed by atoms with Crippen LogP contribution >= 0.6 is 11.6 Å². The van der Waals surface area contributed by atoms with Gasteiger partial charge in [0.2, 0.25) is 5.88 Å². The first-order valence-electron chi connectivity index (χ1n) is 5.44. The lowest BCUT2D eigenvalue weighted by atomic mass is 10.2. The van der Waals surface area contributed by atoms with Crippen molar-refractivity contribution in [3.63, 3.8) is 0 Å². The van der Waals surface area contributed by atoms with Crippen LogP contribution < -0.4 is 9.47 Å². The Balaban J connectivity index is 2.26. The quantitative estimate of drug-likeness (QED) is 0.833. The Labute approximate surface area is 117 Å². The number of rotatable bonds is 3. The van der Waals surface area contributed by atoms with E-state index in [2.05, 4.69) is 4.98 Å². The Hall–Kier alpha value is -1.95. The van der Waals surface area contributed by atoms with Crippen molar-refractivity contribution in [2.24, 2.45) is 0 Å². The molecule has 0 spiro atoms. The molecular weight excluding hydrogens is 295 g/mol. The largest absolute Gasteiger partial charge is 0.495 e. The molecule has 0 N–H and O–H groups in total. The van der Waals surface area contributed by atoms with Crippen molar-refractivity contribution in [2.75, 3.05) is 7.11 Å². The second-order valence-corrected chi connectivity index (χ2v) is 4.25. The van der Waals surface area contributed by atoms with Crippen molar-refractivity contribution in [1.29, 1.82) is 0 Å². The van der Waals surface area contributed by atoms with Crippen molar-refractivity contribution in [1.82, 2.24) is 4.98 Å². The van der Waals surface area contributed by atoms with Crippen LogP contribution in [-0.2, 0) is 6.18 Å². The zero-order valence-corrected chi connectivity index (χ0v) is 11.0. The summed E-state index contributed by atoms with van der Waals surface area (Å²) >= 11 is 5.65. The molecule has 7 heteroatoms. The summed E-state index contributed by atoms with van der Waals surface area (Å²) < 4.78 is 48.1. The number of benzene rings is 1. The van der Waals surface area contributed by atoms with Gasteiger partial charge in [0.15, 0.2) is 0 Å². The van der Waals surface area contributed by atoms with E-state index >= 15 is 0 Å². The monoisotopic (exact) mass is 303 g/mol. The number of hydrogen-bond donors (Lipinski definition) is 0. The average molecular weight is 304 g/mol. The highest BCUT2D eigenvalue weighted by atomic mass is 35.5. The highest BCUT2D eigenvalue weighted by molar-refractivity contribution is 6.30. The molecule has 0 aliphatic carbocycles. The first kappa shape index (κ1) is 14.5. The maximum absolute atomic E-state index is 12.6. The summed E-state index contributed by atoms with van der Waals surface area (Å²) in [6, 6.07) is 6.03. The van der Waals surface area contributed by atoms with E-state index < -0.39 is 11.7 Å². The molecule has 20 heavy (non-hydrogen) atoms. The number of nitrogens with zero attached hydrogens (tertiary/aromatic N) is 1. The summed E-state index contributed by atoms with van der Waals surface area (Å²) in [6.45, 7) is 0. The van der Waals surface area contributed by atoms with E-state index in [0.717, 1.165) is 12.1 Å². The molecule has 0 aliphatic heterocycles. The maximum Gasteiger partial charge on any atom is 0.416 e. The number of methoxy groups -OCH3 is 1. The zero-order chi connectivity index (χ0) is 14.8. The van der Waals surface area contributed by atoms with E-state index in [0.29, 0.717) is 5.75 Å². The third kappa shape index (κ3) is 3.54. The van der Waals surface area contributed by atoms with Gasteiger partial charge in [0, 0.05) is 11.1 Å². The molecule has 1 aromatic carbocycles. The van der Waals surface area contributed by atoms with Gasteiger partial charge in [0.25, 0.3) is 0 Å². The van der Waals surface area contributed by atoms with E-state index in [1.54, 1.807) is 6.07 Å². The molecule has 1 heterocycles. The molecule has 0 saturated heterocycles. The Morgan fingerprint density at radius 1 is 1.10 bits per heavy atom. The average Bonchev–Trinajstić information content (AvgIpc) is 2.38. The second-order valence-electron chi connectivity index (χ2n) is 3.81. The van der Waals surface area contributed by atoms with Gasteiger partial charge < -0.3 is 9.47 Å². The van der Waals surface area contributed by atoms with Gasteiger partial charge in [-0.1, -0.05) is 11.6 Å². The van der Waals surface area contributed by atoms with Crippen LogP contribution in [0.3, 0.4) is 0 Å². The highest BCUT2D eigenvalue weighted by Crippen LogP contribution is 2.35. The summed E-state index contributed by atoms with van der Waals surface area (Å²) in [7, 11) is 1.48. The summed E-state index contributed by atoms with van der Waals surface area (Å²) in [6.07, 6.45) is -3.10. The first-order valence-corrected chi connectivity index (χ1v) is 5.82. The van der Waals surface area contributed by atoms with Crippen molar-refractivity contribution < 1.29 is 22.6 Å². The van der Waals surface area contributed by atoms with Crippen molar-refractivity contribution in [3.05, 3.63) is 47.1 Å². The summed E-state index contributed by atoms with van der Waals surface area (Å²) in [5.41, 5.74) is -0.881. The molecule has 0 radical (unpaired) electrons. The lowest BCUT2D eigenvalue weighted by Gasteiger charge is -2.10. The van der Waals surface area contributed by atoms with E-state index in [4.69, 9.17) is 21.1 Å². The van der Waals surface area contributed by atoms with E-state index in [1.165, 1.54) is 25.4 Å². The third-order valence-corrected chi connectivity index (χ3v) is 2.58. The van der Waals surface area contributed by atoms with Crippen molar-refractivity contribution in [2.45, 2.75) is 6.18 Å². The fourth-order valence-corrected chi connectivity index (χ4v) is 1.68. The fraction of sp³-hybridized carbons (Fsp3) is 0.154. The van der Waals surface area contributed by atoms with Crippen molar-refractivity contribution >= 4 is 11.6 Å². The number of halogens is 4. The maximum atomic E-state index is 12.6. The molecule has 0 unspecified atom stereocenters. The SMILES string of the molecule is COc1ccc(Oc2cc(Cl)cc(C(F)(F)F)c2)nc1. The molecule has 2 aromatic rings. The molecule has 3 nitrogen and oxygen atoms in total. The molecule has 0 saturated carbocycles. The normalized spacial score (nSPS) is 11.2. The molecule has 0 amide bonds. The van der Waals surface area contributed by atoms with Crippen LogP contribution in [0.2, 0.25) is 5.02 Å². The number of pyridine rings is 1. The lowest BCUT2D eigenvalue weighted by molar-refractivity contribution is -0.137. The van der Waals surface area contributed by atoms with Crippen LogP contribution in [0.4, 0.5) is 13.2 Å². The number of aromatic nitrogens is 1. The minimum Gasteiger partial charge on any atom is -0.495 e. The molecule has 0 bridgehead atoms. The summed E-state index contributed by atoms with van der Waals surface area (Å²) in [5.74, 6) is 0.614. The first-order chi connectivity index (χ1) is 9.38. The molecule has 106 valence electrons. The fourth-order valence-electron chi connectivity index (χ4n) is 1.45. The predicted octanol–water partition coefficient (Wildman–Crippen LogP) is 4.55. The third-order valence-electron chi connectivity index (χ3n) is 2.37. The predicted molar refractivity (Wildman–Crippen MR) is 67.3 cm³/mol. The number of hydrogen-bond acceptors (Lipinski definition) is 3. The van der Waals surface area contributed by atoms with E-state index in [1.807, 2.05) is 0 Å². The van der Waals surface area contributed by atoms with Crippen LogP contribution in [0, 0.1) is 0 Å². The minimum atomic E-state index is -4.49. The number of alkyl halides is 3. The second kappa shape index (κ2) is 5.58. The minimum absolute atomic E-state index is 0.0394. The van der Waals surface area contributed by atoms with E-state index in [-0.39, 0.29) is 16.7 Å². The lowest BCUT2D eigenvalue weighted by Crippen LogP contribution is -2.05. The van der Waals surface area contributed by atoms with E-state index in [9.17, 15) is 13.2 Å². The Bertz CT molecular complexity index is 600. The topological polar surface area (TPSA) is 31.4 Å². The Morgan fingerprint density at radius 3 is 2.40 bits per heavy atom.